The summed E-state index contributed by atoms with van der Waals surface area (Å²) in [6.45, 7) is 4.71. The van der Waals surface area contributed by atoms with Crippen LogP contribution in [-0.4, -0.2) is 22.7 Å². The number of fused-ring (bicyclic) bond motifs is 1. The fourth-order valence-corrected chi connectivity index (χ4v) is 4.25. The topological polar surface area (TPSA) is 46.6 Å². The van der Waals surface area contributed by atoms with Crippen molar-refractivity contribution in [1.82, 2.24) is 4.90 Å². The minimum Gasteiger partial charge on any atom is -0.493 e. The average molecular weight is 404 g/mol. The van der Waals surface area contributed by atoms with E-state index in [-0.39, 0.29) is 17.7 Å². The number of rotatable bonds is 5. The number of aryl methyl sites for hydroxylation is 1. The molecular weight excluding hydrogens is 382 g/mol. The number of hydrogen-bond acceptors (Lipinski definition) is 4. The lowest BCUT2D eigenvalue weighted by Gasteiger charge is -2.14. The first-order valence-electron chi connectivity index (χ1n) is 9.53. The van der Waals surface area contributed by atoms with Gasteiger partial charge >= 0.3 is 0 Å². The third-order valence-electron chi connectivity index (χ3n) is 4.97. The van der Waals surface area contributed by atoms with Crippen molar-refractivity contribution in [3.8, 4) is 5.75 Å². The molecule has 0 N–H and O–H groups in total. The molecule has 0 aromatic heterocycles. The van der Waals surface area contributed by atoms with Crippen LogP contribution >= 0.6 is 11.8 Å². The lowest BCUT2D eigenvalue weighted by Crippen LogP contribution is -2.27. The molecule has 4 rings (SSSR count). The van der Waals surface area contributed by atoms with Crippen LogP contribution in [0.3, 0.4) is 0 Å². The van der Waals surface area contributed by atoms with Crippen LogP contribution in [0.2, 0.25) is 0 Å². The Morgan fingerprint density at radius 1 is 1.00 bits per heavy atom. The van der Waals surface area contributed by atoms with E-state index in [0.29, 0.717) is 17.3 Å². The van der Waals surface area contributed by atoms with Gasteiger partial charge in [-0.05, 0) is 59.7 Å². The van der Waals surface area contributed by atoms with E-state index >= 15 is 0 Å². The zero-order valence-corrected chi connectivity index (χ0v) is 17.2. The van der Waals surface area contributed by atoms with Gasteiger partial charge in [-0.1, -0.05) is 54.6 Å². The molecule has 0 spiro atoms. The van der Waals surface area contributed by atoms with Gasteiger partial charge < -0.3 is 4.74 Å². The van der Waals surface area contributed by atoms with E-state index in [0.717, 1.165) is 39.2 Å². The Morgan fingerprint density at radius 2 is 1.76 bits per heavy atom. The zero-order chi connectivity index (χ0) is 20.4. The summed E-state index contributed by atoms with van der Waals surface area (Å²) < 4.78 is 5.79. The highest BCUT2D eigenvalue weighted by Gasteiger charge is 2.35. The number of imide groups is 1. The van der Waals surface area contributed by atoms with E-state index in [9.17, 15) is 9.59 Å². The Kier molecular flexibility index (Phi) is 5.41. The van der Waals surface area contributed by atoms with Crippen LogP contribution in [0.25, 0.3) is 16.8 Å². The molecule has 146 valence electrons. The van der Waals surface area contributed by atoms with Crippen molar-refractivity contribution in [2.24, 2.45) is 0 Å². The number of amides is 2. The highest BCUT2D eigenvalue weighted by molar-refractivity contribution is 8.18. The van der Waals surface area contributed by atoms with E-state index in [1.807, 2.05) is 74.5 Å². The van der Waals surface area contributed by atoms with Crippen LogP contribution < -0.4 is 4.74 Å². The first-order chi connectivity index (χ1) is 14.1. The van der Waals surface area contributed by atoms with Gasteiger partial charge in [0.25, 0.3) is 11.1 Å². The molecule has 5 heteroatoms. The average Bonchev–Trinajstić information content (AvgIpc) is 2.99. The maximum atomic E-state index is 13.0. The summed E-state index contributed by atoms with van der Waals surface area (Å²) in [4.78, 5) is 27.3. The standard InChI is InChI=1S/C24H21NO3S/c1-3-28-21-13-12-17-9-6-7-11-19(17)20(21)14-22-23(26)25(24(27)29-22)15-18-10-5-4-8-16(18)2/h4-14H,3,15H2,1-2H3/b22-14-. The van der Waals surface area contributed by atoms with Gasteiger partial charge in [-0.15, -0.1) is 0 Å². The molecule has 2 amide bonds. The molecule has 3 aromatic carbocycles. The molecule has 0 bridgehead atoms. The van der Waals surface area contributed by atoms with Gasteiger partial charge in [0, 0.05) is 5.56 Å². The van der Waals surface area contributed by atoms with Crippen LogP contribution in [0.1, 0.15) is 23.6 Å². The quantitative estimate of drug-likeness (QED) is 0.506. The maximum absolute atomic E-state index is 13.0. The Bertz CT molecular complexity index is 1140. The van der Waals surface area contributed by atoms with Gasteiger partial charge in [0.1, 0.15) is 5.75 Å². The molecule has 1 fully saturated rings. The van der Waals surface area contributed by atoms with Crippen molar-refractivity contribution in [1.29, 1.82) is 0 Å². The number of carbonyl (C=O) groups is 2. The highest BCUT2D eigenvalue weighted by atomic mass is 32.2. The second kappa shape index (κ2) is 8.13. The third kappa shape index (κ3) is 3.78. The molecular formula is C24H21NO3S. The smallest absolute Gasteiger partial charge is 0.293 e. The van der Waals surface area contributed by atoms with Crippen LogP contribution in [-0.2, 0) is 11.3 Å². The molecule has 29 heavy (non-hydrogen) atoms. The van der Waals surface area contributed by atoms with Crippen molar-refractivity contribution in [3.05, 3.63) is 82.3 Å². The number of benzene rings is 3. The molecule has 0 unspecified atom stereocenters. The second-order valence-corrected chi connectivity index (χ2v) is 7.82. The van der Waals surface area contributed by atoms with E-state index in [1.54, 1.807) is 6.08 Å². The van der Waals surface area contributed by atoms with E-state index < -0.39 is 0 Å². The van der Waals surface area contributed by atoms with Gasteiger partial charge in [-0.2, -0.15) is 0 Å². The molecule has 1 aliphatic heterocycles. The minimum atomic E-state index is -0.265. The third-order valence-corrected chi connectivity index (χ3v) is 5.88. The van der Waals surface area contributed by atoms with Crippen LogP contribution in [0, 0.1) is 6.92 Å². The lowest BCUT2D eigenvalue weighted by atomic mass is 10.0. The number of carbonyl (C=O) groups excluding carboxylic acids is 2. The van der Waals surface area contributed by atoms with Gasteiger partial charge in [-0.3, -0.25) is 14.5 Å². The summed E-state index contributed by atoms with van der Waals surface area (Å²) in [6, 6.07) is 19.7. The monoisotopic (exact) mass is 403 g/mol. The van der Waals surface area contributed by atoms with Crippen molar-refractivity contribution in [2.45, 2.75) is 20.4 Å². The molecule has 0 radical (unpaired) electrons. The normalized spacial score (nSPS) is 15.5. The molecule has 4 nitrogen and oxygen atoms in total. The summed E-state index contributed by atoms with van der Waals surface area (Å²) in [6.07, 6.45) is 1.79. The molecule has 3 aromatic rings. The summed E-state index contributed by atoms with van der Waals surface area (Å²) >= 11 is 0.980. The fourth-order valence-electron chi connectivity index (χ4n) is 3.43. The fraction of sp³-hybridized carbons (Fsp3) is 0.167. The SMILES string of the molecule is CCOc1ccc2ccccc2c1/C=C1\SC(=O)N(Cc2ccccc2C)C1=O. The van der Waals surface area contributed by atoms with Gasteiger partial charge in [-0.25, -0.2) is 0 Å². The van der Waals surface area contributed by atoms with Gasteiger partial charge in [0.15, 0.2) is 0 Å². The largest absolute Gasteiger partial charge is 0.493 e. The predicted octanol–water partition coefficient (Wildman–Crippen LogP) is 5.78. The van der Waals surface area contributed by atoms with E-state index in [2.05, 4.69) is 0 Å². The number of ether oxygens (including phenoxy) is 1. The van der Waals surface area contributed by atoms with E-state index in [4.69, 9.17) is 4.74 Å². The zero-order valence-electron chi connectivity index (χ0n) is 16.3. The van der Waals surface area contributed by atoms with Crippen molar-refractivity contribution < 1.29 is 14.3 Å². The summed E-state index contributed by atoms with van der Waals surface area (Å²) in [7, 11) is 0. The number of hydrogen-bond donors (Lipinski definition) is 0. The van der Waals surface area contributed by atoms with Crippen LogP contribution in [0.15, 0.2) is 65.6 Å². The first kappa shape index (κ1) is 19.3. The molecule has 0 atom stereocenters. The van der Waals surface area contributed by atoms with Gasteiger partial charge in [0.05, 0.1) is 18.1 Å². The molecule has 1 heterocycles. The molecule has 1 aliphatic rings. The minimum absolute atomic E-state index is 0.248. The first-order valence-corrected chi connectivity index (χ1v) is 10.3. The molecule has 1 saturated heterocycles. The lowest BCUT2D eigenvalue weighted by molar-refractivity contribution is -0.123. The van der Waals surface area contributed by atoms with Gasteiger partial charge in [0.2, 0.25) is 0 Å². The molecule has 0 saturated carbocycles. The van der Waals surface area contributed by atoms with Crippen LogP contribution in [0.4, 0.5) is 4.79 Å². The Morgan fingerprint density at radius 3 is 2.55 bits per heavy atom. The van der Waals surface area contributed by atoms with Crippen molar-refractivity contribution >= 4 is 39.8 Å². The Balaban J connectivity index is 1.72. The highest BCUT2D eigenvalue weighted by Crippen LogP contribution is 2.37. The molecule has 0 aliphatic carbocycles. The Labute approximate surface area is 174 Å². The maximum Gasteiger partial charge on any atom is 0.293 e. The summed E-state index contributed by atoms with van der Waals surface area (Å²) in [5.74, 6) is 0.440. The van der Waals surface area contributed by atoms with Crippen molar-refractivity contribution in [2.75, 3.05) is 6.61 Å². The summed E-state index contributed by atoms with van der Waals surface area (Å²) in [5.41, 5.74) is 2.85. The van der Waals surface area contributed by atoms with Crippen molar-refractivity contribution in [3.63, 3.8) is 0 Å². The van der Waals surface area contributed by atoms with Crippen LogP contribution in [0.5, 0.6) is 5.75 Å². The van der Waals surface area contributed by atoms with E-state index in [1.165, 1.54) is 4.90 Å². The Hall–Kier alpha value is -3.05. The number of thioether (sulfide) groups is 1. The number of nitrogens with zero attached hydrogens (tertiary/aromatic N) is 1. The second-order valence-electron chi connectivity index (χ2n) is 6.83. The summed E-state index contributed by atoms with van der Waals surface area (Å²) in [5, 5.41) is 1.80. The predicted molar refractivity (Wildman–Crippen MR) is 118 cm³/mol.